The fourth-order valence-electron chi connectivity index (χ4n) is 3.28. The van der Waals surface area contributed by atoms with Crippen LogP contribution in [0.2, 0.25) is 0 Å². The van der Waals surface area contributed by atoms with Crippen molar-refractivity contribution in [1.29, 1.82) is 0 Å². The Morgan fingerprint density at radius 2 is 1.59 bits per heavy atom. The fraction of sp³-hybridized carbons (Fsp3) is 0.125. The normalized spacial score (nSPS) is 10.5. The van der Waals surface area contributed by atoms with Gasteiger partial charge in [-0.2, -0.15) is 0 Å². The molecule has 4 rings (SSSR count). The number of tetrazole rings is 1. The molecule has 0 fully saturated rings. The zero-order chi connectivity index (χ0) is 22.2. The number of rotatable bonds is 8. The second-order valence-electron chi connectivity index (χ2n) is 7.18. The highest BCUT2D eigenvalue weighted by atomic mass is 16.2. The summed E-state index contributed by atoms with van der Waals surface area (Å²) in [5, 5.41) is 16.8. The van der Waals surface area contributed by atoms with E-state index in [1.807, 2.05) is 54.6 Å². The number of para-hydroxylation sites is 1. The molecule has 0 saturated carbocycles. The highest BCUT2D eigenvalue weighted by Crippen LogP contribution is 2.16. The van der Waals surface area contributed by atoms with Gasteiger partial charge in [-0.15, -0.1) is 5.10 Å². The summed E-state index contributed by atoms with van der Waals surface area (Å²) in [4.78, 5) is 25.3. The third-order valence-electron chi connectivity index (χ3n) is 4.90. The number of carbonyl (C=O) groups excluding carboxylic acids is 2. The molecule has 8 nitrogen and oxygen atoms in total. The molecule has 0 radical (unpaired) electrons. The Labute approximate surface area is 185 Å². The summed E-state index contributed by atoms with van der Waals surface area (Å²) in [5.41, 5.74) is 3.71. The SMILES string of the molecule is O=C(Cc1ccc(-n2cnnn2)cc1)Nc1ccccc1C(=O)NCCc1ccccc1. The van der Waals surface area contributed by atoms with Gasteiger partial charge in [0.15, 0.2) is 0 Å². The van der Waals surface area contributed by atoms with Gasteiger partial charge in [0.05, 0.1) is 23.4 Å². The van der Waals surface area contributed by atoms with Crippen LogP contribution in [0.5, 0.6) is 0 Å². The van der Waals surface area contributed by atoms with Crippen LogP contribution in [0, 0.1) is 0 Å². The van der Waals surface area contributed by atoms with E-state index in [2.05, 4.69) is 26.2 Å². The number of aromatic nitrogens is 4. The maximum Gasteiger partial charge on any atom is 0.253 e. The summed E-state index contributed by atoms with van der Waals surface area (Å²) in [6.07, 6.45) is 2.42. The van der Waals surface area contributed by atoms with E-state index in [0.29, 0.717) is 17.8 Å². The minimum absolute atomic E-state index is 0.180. The van der Waals surface area contributed by atoms with E-state index in [1.165, 1.54) is 11.0 Å². The third kappa shape index (κ3) is 5.42. The van der Waals surface area contributed by atoms with Crippen LogP contribution in [0.15, 0.2) is 85.2 Å². The first-order valence-corrected chi connectivity index (χ1v) is 10.2. The minimum Gasteiger partial charge on any atom is -0.352 e. The molecule has 32 heavy (non-hydrogen) atoms. The van der Waals surface area contributed by atoms with Gasteiger partial charge < -0.3 is 10.6 Å². The first-order chi connectivity index (χ1) is 15.7. The van der Waals surface area contributed by atoms with Gasteiger partial charge >= 0.3 is 0 Å². The molecule has 1 aromatic heterocycles. The fourth-order valence-corrected chi connectivity index (χ4v) is 3.28. The number of anilines is 1. The molecule has 0 saturated heterocycles. The monoisotopic (exact) mass is 426 g/mol. The molecule has 0 spiro atoms. The van der Waals surface area contributed by atoms with Crippen LogP contribution >= 0.6 is 0 Å². The molecule has 160 valence electrons. The van der Waals surface area contributed by atoms with E-state index in [4.69, 9.17) is 0 Å². The Morgan fingerprint density at radius 1 is 0.844 bits per heavy atom. The first-order valence-electron chi connectivity index (χ1n) is 10.2. The zero-order valence-electron chi connectivity index (χ0n) is 17.3. The molecule has 3 aromatic carbocycles. The van der Waals surface area contributed by atoms with E-state index >= 15 is 0 Å². The lowest BCUT2D eigenvalue weighted by Crippen LogP contribution is -2.27. The summed E-state index contributed by atoms with van der Waals surface area (Å²) in [7, 11) is 0. The van der Waals surface area contributed by atoms with Gasteiger partial charge in [0.2, 0.25) is 5.91 Å². The van der Waals surface area contributed by atoms with E-state index in [-0.39, 0.29) is 18.2 Å². The maximum absolute atomic E-state index is 12.7. The van der Waals surface area contributed by atoms with Crippen molar-refractivity contribution in [2.24, 2.45) is 0 Å². The molecule has 0 atom stereocenters. The Hall–Kier alpha value is -4.33. The number of hydrogen-bond acceptors (Lipinski definition) is 5. The quantitative estimate of drug-likeness (QED) is 0.451. The lowest BCUT2D eigenvalue weighted by atomic mass is 10.1. The van der Waals surface area contributed by atoms with Crippen molar-refractivity contribution < 1.29 is 9.59 Å². The van der Waals surface area contributed by atoms with E-state index < -0.39 is 0 Å². The lowest BCUT2D eigenvalue weighted by molar-refractivity contribution is -0.115. The number of nitrogens with one attached hydrogen (secondary N) is 2. The average Bonchev–Trinajstić information content (AvgIpc) is 3.35. The predicted octanol–water partition coefficient (Wildman–Crippen LogP) is 2.82. The standard InChI is InChI=1S/C24H22N6O2/c31-23(16-19-10-12-20(13-11-19)30-17-26-28-29-30)27-22-9-5-4-8-21(22)24(32)25-15-14-18-6-2-1-3-7-18/h1-13,17H,14-16H2,(H,25,32)(H,27,31). The second-order valence-corrected chi connectivity index (χ2v) is 7.18. The van der Waals surface area contributed by atoms with Crippen molar-refractivity contribution in [3.05, 3.63) is 102 Å². The van der Waals surface area contributed by atoms with Crippen LogP contribution < -0.4 is 10.6 Å². The van der Waals surface area contributed by atoms with E-state index in [0.717, 1.165) is 23.2 Å². The second kappa shape index (κ2) is 10.1. The van der Waals surface area contributed by atoms with Gasteiger partial charge in [-0.05, 0) is 52.2 Å². The van der Waals surface area contributed by atoms with Crippen molar-refractivity contribution in [2.45, 2.75) is 12.8 Å². The van der Waals surface area contributed by atoms with Gasteiger partial charge in [0, 0.05) is 6.54 Å². The van der Waals surface area contributed by atoms with Gasteiger partial charge in [-0.25, -0.2) is 4.68 Å². The molecular weight excluding hydrogens is 404 g/mol. The molecule has 0 aliphatic heterocycles. The highest BCUT2D eigenvalue weighted by Gasteiger charge is 2.13. The molecule has 2 N–H and O–H groups in total. The van der Waals surface area contributed by atoms with Crippen molar-refractivity contribution in [1.82, 2.24) is 25.5 Å². The predicted molar refractivity (Wildman–Crippen MR) is 120 cm³/mol. The summed E-state index contributed by atoms with van der Waals surface area (Å²) < 4.78 is 1.54. The molecule has 0 bridgehead atoms. The summed E-state index contributed by atoms with van der Waals surface area (Å²) in [6.45, 7) is 0.513. The Balaban J connectivity index is 1.34. The van der Waals surface area contributed by atoms with Crippen LogP contribution in [0.4, 0.5) is 5.69 Å². The van der Waals surface area contributed by atoms with E-state index in [9.17, 15) is 9.59 Å². The van der Waals surface area contributed by atoms with Gasteiger partial charge in [0.1, 0.15) is 6.33 Å². The molecular formula is C24H22N6O2. The minimum atomic E-state index is -0.220. The lowest BCUT2D eigenvalue weighted by Gasteiger charge is -2.12. The third-order valence-corrected chi connectivity index (χ3v) is 4.90. The Kier molecular flexibility index (Phi) is 6.62. The number of nitrogens with zero attached hydrogens (tertiary/aromatic N) is 4. The molecule has 1 heterocycles. The highest BCUT2D eigenvalue weighted by molar-refractivity contribution is 6.04. The van der Waals surface area contributed by atoms with Crippen LogP contribution in [0.3, 0.4) is 0 Å². The van der Waals surface area contributed by atoms with Crippen LogP contribution in [-0.4, -0.2) is 38.6 Å². The molecule has 0 unspecified atom stereocenters. The Morgan fingerprint density at radius 3 is 2.34 bits per heavy atom. The molecule has 0 aliphatic rings. The van der Waals surface area contributed by atoms with Crippen LogP contribution in [0.25, 0.3) is 5.69 Å². The van der Waals surface area contributed by atoms with E-state index in [1.54, 1.807) is 24.3 Å². The summed E-state index contributed by atoms with van der Waals surface area (Å²) in [5.74, 6) is -0.424. The summed E-state index contributed by atoms with van der Waals surface area (Å²) >= 11 is 0. The average molecular weight is 426 g/mol. The molecule has 0 aliphatic carbocycles. The molecule has 4 aromatic rings. The number of benzene rings is 3. The van der Waals surface area contributed by atoms with Gasteiger partial charge in [-0.3, -0.25) is 9.59 Å². The van der Waals surface area contributed by atoms with Crippen molar-refractivity contribution in [3.63, 3.8) is 0 Å². The van der Waals surface area contributed by atoms with Crippen molar-refractivity contribution in [2.75, 3.05) is 11.9 Å². The first kappa shape index (κ1) is 20.9. The van der Waals surface area contributed by atoms with Crippen molar-refractivity contribution in [3.8, 4) is 5.69 Å². The topological polar surface area (TPSA) is 102 Å². The number of amides is 2. The molecule has 2 amide bonds. The molecule has 8 heteroatoms. The van der Waals surface area contributed by atoms with Crippen LogP contribution in [0.1, 0.15) is 21.5 Å². The number of carbonyl (C=O) groups is 2. The largest absolute Gasteiger partial charge is 0.352 e. The number of hydrogen-bond donors (Lipinski definition) is 2. The Bertz CT molecular complexity index is 1170. The smallest absolute Gasteiger partial charge is 0.253 e. The maximum atomic E-state index is 12.7. The van der Waals surface area contributed by atoms with Crippen molar-refractivity contribution >= 4 is 17.5 Å². The zero-order valence-corrected chi connectivity index (χ0v) is 17.3. The van der Waals surface area contributed by atoms with Crippen LogP contribution in [-0.2, 0) is 17.6 Å². The van der Waals surface area contributed by atoms with Gasteiger partial charge in [-0.1, -0.05) is 54.6 Å². The summed E-state index contributed by atoms with van der Waals surface area (Å²) in [6, 6.07) is 24.3. The van der Waals surface area contributed by atoms with Gasteiger partial charge in [0.25, 0.3) is 5.91 Å².